The molecule has 3 aliphatic heterocycles. The van der Waals surface area contributed by atoms with Gasteiger partial charge in [-0.3, -0.25) is 14.5 Å². The van der Waals surface area contributed by atoms with Crippen molar-refractivity contribution in [2.24, 2.45) is 0 Å². The van der Waals surface area contributed by atoms with Crippen LogP contribution in [0.4, 0.5) is 0 Å². The molecular weight excluding hydrogens is 290 g/mol. The van der Waals surface area contributed by atoms with E-state index in [0.29, 0.717) is 6.54 Å². The monoisotopic (exact) mass is 321 g/mol. The van der Waals surface area contributed by atoms with Gasteiger partial charge in [-0.2, -0.15) is 0 Å². The van der Waals surface area contributed by atoms with Crippen molar-refractivity contribution in [1.82, 2.24) is 14.7 Å². The van der Waals surface area contributed by atoms with Gasteiger partial charge in [-0.25, -0.2) is 0 Å². The van der Waals surface area contributed by atoms with E-state index in [2.05, 4.69) is 16.7 Å². The van der Waals surface area contributed by atoms with Crippen LogP contribution in [0.1, 0.15) is 58.8 Å². The second-order valence-electron chi connectivity index (χ2n) is 7.71. The Labute approximate surface area is 140 Å². The largest absolute Gasteiger partial charge is 0.336 e. The molecule has 2 atom stereocenters. The van der Waals surface area contributed by atoms with Crippen LogP contribution in [-0.4, -0.2) is 70.8 Å². The lowest BCUT2D eigenvalue weighted by molar-refractivity contribution is -0.155. The molecule has 0 spiro atoms. The Morgan fingerprint density at radius 1 is 1.00 bits per heavy atom. The Morgan fingerprint density at radius 3 is 2.43 bits per heavy atom. The highest BCUT2D eigenvalue weighted by Gasteiger charge is 2.49. The number of fused-ring (bicyclic) bond motifs is 1. The molecule has 5 nitrogen and oxygen atoms in total. The fraction of sp³-hybridized carbons (Fsp3) is 0.889. The lowest BCUT2D eigenvalue weighted by atomic mass is 9.76. The highest BCUT2D eigenvalue weighted by molar-refractivity contribution is 5.79. The summed E-state index contributed by atoms with van der Waals surface area (Å²) < 4.78 is 0. The first-order chi connectivity index (χ1) is 11.0. The summed E-state index contributed by atoms with van der Waals surface area (Å²) in [5, 5.41) is 0. The molecule has 5 heteroatoms. The van der Waals surface area contributed by atoms with E-state index in [1.807, 2.05) is 4.90 Å². The number of hydrogen-bond donors (Lipinski definition) is 0. The van der Waals surface area contributed by atoms with Crippen molar-refractivity contribution in [3.8, 4) is 0 Å². The maximum Gasteiger partial charge on any atom is 0.237 e. The summed E-state index contributed by atoms with van der Waals surface area (Å²) in [5.41, 5.74) is -0.167. The summed E-state index contributed by atoms with van der Waals surface area (Å²) >= 11 is 0. The van der Waals surface area contributed by atoms with Gasteiger partial charge in [0.25, 0.3) is 0 Å². The van der Waals surface area contributed by atoms with Gasteiger partial charge in [0.1, 0.15) is 0 Å². The summed E-state index contributed by atoms with van der Waals surface area (Å²) in [7, 11) is 0. The molecule has 0 aromatic rings. The molecule has 2 amide bonds. The molecule has 0 aromatic heterocycles. The zero-order valence-electron chi connectivity index (χ0n) is 14.7. The number of hydrogen-bond acceptors (Lipinski definition) is 3. The zero-order valence-corrected chi connectivity index (χ0v) is 14.7. The number of amides is 2. The molecule has 0 radical (unpaired) electrons. The Bertz CT molecular complexity index is 461. The normalized spacial score (nSPS) is 32.5. The zero-order chi connectivity index (χ0) is 16.4. The van der Waals surface area contributed by atoms with E-state index < -0.39 is 0 Å². The van der Waals surface area contributed by atoms with E-state index in [4.69, 9.17) is 0 Å². The van der Waals surface area contributed by atoms with Crippen molar-refractivity contribution in [3.63, 3.8) is 0 Å². The standard InChI is InChI=1S/C18H31N3O2/c1-15(22)21-13-6-8-16-18(21,2)9-7-12-20(16)17(23)14-19-10-4-3-5-11-19/h16H,3-14H2,1-2H3/t16-,18-/m0/s1. The quantitative estimate of drug-likeness (QED) is 0.780. The van der Waals surface area contributed by atoms with Gasteiger partial charge in [-0.05, 0) is 58.5 Å². The SMILES string of the molecule is CC(=O)N1CCC[C@@H]2N(C(=O)CN3CCCCC3)CCC[C@@]21C. The van der Waals surface area contributed by atoms with Crippen molar-refractivity contribution in [1.29, 1.82) is 0 Å². The summed E-state index contributed by atoms with van der Waals surface area (Å²) in [4.78, 5) is 31.4. The van der Waals surface area contributed by atoms with Crippen LogP contribution in [0.2, 0.25) is 0 Å². The maximum atomic E-state index is 12.9. The van der Waals surface area contributed by atoms with Crippen LogP contribution >= 0.6 is 0 Å². The maximum absolute atomic E-state index is 12.9. The number of rotatable bonds is 2. The summed E-state index contributed by atoms with van der Waals surface area (Å²) in [6.45, 7) is 8.24. The van der Waals surface area contributed by atoms with E-state index in [1.54, 1.807) is 6.92 Å². The number of carbonyl (C=O) groups is 2. The topological polar surface area (TPSA) is 43.9 Å². The molecule has 130 valence electrons. The molecule has 0 aliphatic carbocycles. The van der Waals surface area contributed by atoms with E-state index in [0.717, 1.165) is 51.9 Å². The fourth-order valence-electron chi connectivity index (χ4n) is 4.96. The summed E-state index contributed by atoms with van der Waals surface area (Å²) in [6.07, 6.45) is 7.79. The minimum atomic E-state index is -0.167. The molecule has 0 unspecified atom stereocenters. The Balaban J connectivity index is 1.71. The summed E-state index contributed by atoms with van der Waals surface area (Å²) in [5.74, 6) is 0.427. The smallest absolute Gasteiger partial charge is 0.237 e. The predicted molar refractivity (Wildman–Crippen MR) is 90.1 cm³/mol. The highest BCUT2D eigenvalue weighted by atomic mass is 16.2. The molecule has 3 saturated heterocycles. The summed E-state index contributed by atoms with van der Waals surface area (Å²) in [6, 6.07) is 0.200. The number of likely N-dealkylation sites (tertiary alicyclic amines) is 3. The molecule has 0 saturated carbocycles. The van der Waals surface area contributed by atoms with Gasteiger partial charge in [0.05, 0.1) is 18.1 Å². The van der Waals surface area contributed by atoms with Gasteiger partial charge in [0.15, 0.2) is 0 Å². The Hall–Kier alpha value is -1.10. The molecule has 0 bridgehead atoms. The number of piperidine rings is 3. The second-order valence-corrected chi connectivity index (χ2v) is 7.71. The first-order valence-electron chi connectivity index (χ1n) is 9.32. The minimum Gasteiger partial charge on any atom is -0.336 e. The van der Waals surface area contributed by atoms with Crippen LogP contribution in [0.15, 0.2) is 0 Å². The van der Waals surface area contributed by atoms with Crippen molar-refractivity contribution < 1.29 is 9.59 Å². The molecule has 3 aliphatic rings. The van der Waals surface area contributed by atoms with E-state index in [9.17, 15) is 9.59 Å². The average molecular weight is 321 g/mol. The van der Waals surface area contributed by atoms with E-state index >= 15 is 0 Å². The van der Waals surface area contributed by atoms with Crippen molar-refractivity contribution in [3.05, 3.63) is 0 Å². The molecule has 3 rings (SSSR count). The van der Waals surface area contributed by atoms with Crippen LogP contribution in [0.3, 0.4) is 0 Å². The molecular formula is C18H31N3O2. The third-order valence-corrected chi connectivity index (χ3v) is 6.16. The minimum absolute atomic E-state index is 0.155. The Morgan fingerprint density at radius 2 is 1.74 bits per heavy atom. The van der Waals surface area contributed by atoms with Gasteiger partial charge in [-0.15, -0.1) is 0 Å². The van der Waals surface area contributed by atoms with Crippen LogP contribution in [0, 0.1) is 0 Å². The van der Waals surface area contributed by atoms with Crippen molar-refractivity contribution >= 4 is 11.8 Å². The lowest BCUT2D eigenvalue weighted by Gasteiger charge is -2.56. The first-order valence-corrected chi connectivity index (χ1v) is 9.32. The Kier molecular flexibility index (Phi) is 4.95. The third-order valence-electron chi connectivity index (χ3n) is 6.16. The molecule has 0 N–H and O–H groups in total. The number of carbonyl (C=O) groups excluding carboxylic acids is 2. The fourth-order valence-corrected chi connectivity index (χ4v) is 4.96. The highest BCUT2D eigenvalue weighted by Crippen LogP contribution is 2.39. The van der Waals surface area contributed by atoms with Crippen LogP contribution in [-0.2, 0) is 9.59 Å². The van der Waals surface area contributed by atoms with Gasteiger partial charge in [0.2, 0.25) is 11.8 Å². The van der Waals surface area contributed by atoms with Gasteiger partial charge < -0.3 is 9.80 Å². The van der Waals surface area contributed by atoms with Gasteiger partial charge in [-0.1, -0.05) is 6.42 Å². The number of nitrogens with zero attached hydrogens (tertiary/aromatic N) is 3. The van der Waals surface area contributed by atoms with Crippen molar-refractivity contribution in [2.75, 3.05) is 32.7 Å². The lowest BCUT2D eigenvalue weighted by Crippen LogP contribution is -2.68. The van der Waals surface area contributed by atoms with Crippen LogP contribution in [0.25, 0.3) is 0 Å². The first kappa shape index (κ1) is 16.7. The third kappa shape index (κ3) is 3.25. The predicted octanol–water partition coefficient (Wildman–Crippen LogP) is 1.86. The molecule has 23 heavy (non-hydrogen) atoms. The van der Waals surface area contributed by atoms with E-state index in [-0.39, 0.29) is 23.4 Å². The van der Waals surface area contributed by atoms with Crippen molar-refractivity contribution in [2.45, 2.75) is 70.4 Å². The second kappa shape index (κ2) is 6.80. The molecule has 3 heterocycles. The van der Waals surface area contributed by atoms with E-state index in [1.165, 1.54) is 19.3 Å². The molecule has 3 fully saturated rings. The van der Waals surface area contributed by atoms with Crippen LogP contribution < -0.4 is 0 Å². The molecule has 0 aromatic carbocycles. The average Bonchev–Trinajstić information content (AvgIpc) is 2.53. The van der Waals surface area contributed by atoms with Gasteiger partial charge >= 0.3 is 0 Å². The van der Waals surface area contributed by atoms with Crippen LogP contribution in [0.5, 0.6) is 0 Å². The van der Waals surface area contributed by atoms with Gasteiger partial charge in [0, 0.05) is 20.0 Å².